The van der Waals surface area contributed by atoms with Crippen molar-refractivity contribution in [2.75, 3.05) is 0 Å². The van der Waals surface area contributed by atoms with E-state index in [1.807, 2.05) is 13.8 Å². The highest BCUT2D eigenvalue weighted by atomic mass is 35.5. The summed E-state index contributed by atoms with van der Waals surface area (Å²) in [7, 11) is 0. The number of halogens is 2. The lowest BCUT2D eigenvalue weighted by atomic mass is 10.1. The van der Waals surface area contributed by atoms with Crippen molar-refractivity contribution in [1.82, 2.24) is 0 Å². The van der Waals surface area contributed by atoms with Crippen molar-refractivity contribution < 1.29 is 13.9 Å². The molecule has 0 unspecified atom stereocenters. The third kappa shape index (κ3) is 3.49. The molecule has 2 nitrogen and oxygen atoms in total. The maximum Gasteiger partial charge on any atom is 0.142 e. The summed E-state index contributed by atoms with van der Waals surface area (Å²) >= 11 is 5.67. The van der Waals surface area contributed by atoms with Gasteiger partial charge in [0.05, 0.1) is 11.1 Å². The van der Waals surface area contributed by atoms with Crippen LogP contribution in [0.2, 0.25) is 5.02 Å². The molecular formula is C12H14ClFO2. The molecular weight excluding hydrogens is 231 g/mol. The van der Waals surface area contributed by atoms with E-state index in [0.717, 1.165) is 0 Å². The Labute approximate surface area is 99.4 Å². The number of hydrogen-bond acceptors (Lipinski definition) is 2. The van der Waals surface area contributed by atoms with Crippen LogP contribution < -0.4 is 4.74 Å². The third-order valence-corrected chi connectivity index (χ3v) is 2.20. The summed E-state index contributed by atoms with van der Waals surface area (Å²) in [5.41, 5.74) is 0.531. The lowest BCUT2D eigenvalue weighted by molar-refractivity contribution is -0.116. The number of hydrogen-bond donors (Lipinski definition) is 0. The number of ketones is 1. The van der Waals surface area contributed by atoms with E-state index in [1.165, 1.54) is 19.1 Å². The van der Waals surface area contributed by atoms with Crippen molar-refractivity contribution in [2.45, 2.75) is 33.3 Å². The maximum absolute atomic E-state index is 13.2. The SMILES string of the molecule is CC(=O)Cc1cc(F)c(Cl)cc1OC(C)C. The molecule has 1 rings (SSSR count). The Morgan fingerprint density at radius 2 is 2.12 bits per heavy atom. The first-order chi connectivity index (χ1) is 7.40. The molecule has 16 heavy (non-hydrogen) atoms. The summed E-state index contributed by atoms with van der Waals surface area (Å²) in [6, 6.07) is 2.66. The summed E-state index contributed by atoms with van der Waals surface area (Å²) in [4.78, 5) is 11.0. The topological polar surface area (TPSA) is 26.3 Å². The van der Waals surface area contributed by atoms with Crippen molar-refractivity contribution in [3.8, 4) is 5.75 Å². The number of carbonyl (C=O) groups excluding carboxylic acids is 1. The van der Waals surface area contributed by atoms with Gasteiger partial charge in [-0.2, -0.15) is 0 Å². The summed E-state index contributed by atoms with van der Waals surface area (Å²) in [5, 5.41) is 0.00273. The second-order valence-electron chi connectivity index (χ2n) is 3.92. The van der Waals surface area contributed by atoms with Crippen LogP contribution in [-0.2, 0) is 11.2 Å². The van der Waals surface area contributed by atoms with E-state index in [2.05, 4.69) is 0 Å². The first kappa shape index (κ1) is 13.0. The lowest BCUT2D eigenvalue weighted by Gasteiger charge is -2.14. The van der Waals surface area contributed by atoms with Crippen molar-refractivity contribution in [2.24, 2.45) is 0 Å². The van der Waals surface area contributed by atoms with Gasteiger partial charge in [0.1, 0.15) is 17.3 Å². The second kappa shape index (κ2) is 5.30. The zero-order chi connectivity index (χ0) is 12.3. The molecule has 0 saturated carbocycles. The fourth-order valence-electron chi connectivity index (χ4n) is 1.34. The van der Waals surface area contributed by atoms with E-state index in [4.69, 9.17) is 16.3 Å². The Hall–Kier alpha value is -1.09. The first-order valence-electron chi connectivity index (χ1n) is 5.04. The Bertz CT molecular complexity index is 402. The van der Waals surface area contributed by atoms with E-state index >= 15 is 0 Å². The van der Waals surface area contributed by atoms with Crippen LogP contribution in [0, 0.1) is 5.82 Å². The van der Waals surface area contributed by atoms with E-state index < -0.39 is 5.82 Å². The van der Waals surface area contributed by atoms with Gasteiger partial charge in [-0.3, -0.25) is 4.79 Å². The summed E-state index contributed by atoms with van der Waals surface area (Å²) in [5.74, 6) is -0.110. The Kier molecular flexibility index (Phi) is 4.30. The van der Waals surface area contributed by atoms with Crippen LogP contribution in [0.25, 0.3) is 0 Å². The fourth-order valence-corrected chi connectivity index (χ4v) is 1.49. The number of rotatable bonds is 4. The number of benzene rings is 1. The van der Waals surface area contributed by atoms with Crippen LogP contribution in [-0.4, -0.2) is 11.9 Å². The average Bonchev–Trinajstić information content (AvgIpc) is 2.11. The van der Waals surface area contributed by atoms with Crippen molar-refractivity contribution in [3.63, 3.8) is 0 Å². The third-order valence-electron chi connectivity index (χ3n) is 1.91. The van der Waals surface area contributed by atoms with Crippen molar-refractivity contribution >= 4 is 17.4 Å². The molecule has 0 aliphatic carbocycles. The minimum Gasteiger partial charge on any atom is -0.491 e. The molecule has 0 N–H and O–H groups in total. The van der Waals surface area contributed by atoms with Crippen LogP contribution in [0.4, 0.5) is 4.39 Å². The predicted octanol–water partition coefficient (Wildman–Crippen LogP) is 3.40. The van der Waals surface area contributed by atoms with Gasteiger partial charge < -0.3 is 4.74 Å². The Morgan fingerprint density at radius 3 is 2.62 bits per heavy atom. The summed E-state index contributed by atoms with van der Waals surface area (Å²) in [6.45, 7) is 5.16. The van der Waals surface area contributed by atoms with Crippen LogP contribution in [0.1, 0.15) is 26.3 Å². The monoisotopic (exact) mass is 244 g/mol. The maximum atomic E-state index is 13.2. The molecule has 0 atom stereocenters. The van der Waals surface area contributed by atoms with E-state index in [1.54, 1.807) is 0 Å². The van der Waals surface area contributed by atoms with Crippen LogP contribution >= 0.6 is 11.6 Å². The highest BCUT2D eigenvalue weighted by Crippen LogP contribution is 2.27. The molecule has 0 bridgehead atoms. The van der Waals surface area contributed by atoms with E-state index in [9.17, 15) is 9.18 Å². The van der Waals surface area contributed by atoms with Crippen LogP contribution in [0.15, 0.2) is 12.1 Å². The zero-order valence-electron chi connectivity index (χ0n) is 9.51. The zero-order valence-corrected chi connectivity index (χ0v) is 10.3. The van der Waals surface area contributed by atoms with Gasteiger partial charge in [0.25, 0.3) is 0 Å². The molecule has 0 amide bonds. The molecule has 0 aliphatic heterocycles. The van der Waals surface area contributed by atoms with Gasteiger partial charge in [-0.1, -0.05) is 11.6 Å². The smallest absolute Gasteiger partial charge is 0.142 e. The highest BCUT2D eigenvalue weighted by molar-refractivity contribution is 6.30. The molecule has 1 aromatic rings. The van der Waals surface area contributed by atoms with E-state index in [0.29, 0.717) is 11.3 Å². The normalized spacial score (nSPS) is 10.6. The minimum absolute atomic E-state index is 0.00273. The van der Waals surface area contributed by atoms with Gasteiger partial charge in [-0.15, -0.1) is 0 Å². The predicted molar refractivity (Wildman–Crippen MR) is 61.6 cm³/mol. The largest absolute Gasteiger partial charge is 0.491 e. The van der Waals surface area contributed by atoms with Gasteiger partial charge in [-0.05, 0) is 26.8 Å². The molecule has 0 aromatic heterocycles. The fraction of sp³-hybridized carbons (Fsp3) is 0.417. The van der Waals surface area contributed by atoms with Gasteiger partial charge >= 0.3 is 0 Å². The van der Waals surface area contributed by atoms with Crippen molar-refractivity contribution in [1.29, 1.82) is 0 Å². The molecule has 0 spiro atoms. The average molecular weight is 245 g/mol. The number of ether oxygens (including phenoxy) is 1. The minimum atomic E-state index is -0.533. The first-order valence-corrected chi connectivity index (χ1v) is 5.42. The number of carbonyl (C=O) groups is 1. The Morgan fingerprint density at radius 1 is 1.50 bits per heavy atom. The quantitative estimate of drug-likeness (QED) is 0.812. The van der Waals surface area contributed by atoms with Gasteiger partial charge in [0.15, 0.2) is 0 Å². The van der Waals surface area contributed by atoms with Crippen LogP contribution in [0.5, 0.6) is 5.75 Å². The van der Waals surface area contributed by atoms with Gasteiger partial charge in [0, 0.05) is 18.1 Å². The van der Waals surface area contributed by atoms with E-state index in [-0.39, 0.29) is 23.3 Å². The molecule has 88 valence electrons. The molecule has 0 saturated heterocycles. The number of Topliss-reactive ketones (excluding diaryl/α,β-unsaturated/α-hetero) is 1. The molecule has 4 heteroatoms. The lowest BCUT2D eigenvalue weighted by Crippen LogP contribution is -2.09. The standard InChI is InChI=1S/C12H14ClFO2/c1-7(2)16-12-6-10(13)11(14)5-9(12)4-8(3)15/h5-7H,4H2,1-3H3. The summed E-state index contributed by atoms with van der Waals surface area (Å²) in [6.07, 6.45) is 0.100. The van der Waals surface area contributed by atoms with Crippen LogP contribution in [0.3, 0.4) is 0 Å². The second-order valence-corrected chi connectivity index (χ2v) is 4.33. The van der Waals surface area contributed by atoms with Gasteiger partial charge in [-0.25, -0.2) is 4.39 Å². The molecule has 0 radical (unpaired) electrons. The molecule has 0 aliphatic rings. The Balaban J connectivity index is 3.11. The molecule has 1 aromatic carbocycles. The molecule has 0 heterocycles. The highest BCUT2D eigenvalue weighted by Gasteiger charge is 2.12. The van der Waals surface area contributed by atoms with Crippen molar-refractivity contribution in [3.05, 3.63) is 28.5 Å². The molecule has 0 fully saturated rings. The van der Waals surface area contributed by atoms with Gasteiger partial charge in [0.2, 0.25) is 0 Å². The summed E-state index contributed by atoms with van der Waals surface area (Å²) < 4.78 is 18.7.